The molecular weight excluding hydrogens is 182 g/mol. The van der Waals surface area contributed by atoms with Crippen LogP contribution in [-0.2, 0) is 0 Å². The Bertz CT molecular complexity index is 454. The third kappa shape index (κ3) is 1.88. The first-order chi connectivity index (χ1) is 7.20. The summed E-state index contributed by atoms with van der Waals surface area (Å²) in [5.41, 5.74) is 7.31. The van der Waals surface area contributed by atoms with Crippen molar-refractivity contribution >= 4 is 10.8 Å². The monoisotopic (exact) mass is 199 g/mol. The van der Waals surface area contributed by atoms with Crippen LogP contribution in [-0.4, -0.2) is 6.04 Å². The van der Waals surface area contributed by atoms with E-state index in [0.717, 1.165) is 0 Å². The van der Waals surface area contributed by atoms with Gasteiger partial charge in [0.15, 0.2) is 0 Å². The van der Waals surface area contributed by atoms with Crippen LogP contribution in [0.3, 0.4) is 0 Å². The fourth-order valence-electron chi connectivity index (χ4n) is 1.93. The largest absolute Gasteiger partial charge is 0.327 e. The van der Waals surface area contributed by atoms with Crippen LogP contribution in [0.25, 0.3) is 10.8 Å². The van der Waals surface area contributed by atoms with Gasteiger partial charge < -0.3 is 5.73 Å². The molecule has 15 heavy (non-hydrogen) atoms. The Morgan fingerprint density at radius 1 is 0.933 bits per heavy atom. The van der Waals surface area contributed by atoms with Crippen molar-refractivity contribution in [3.05, 3.63) is 48.0 Å². The molecule has 1 heteroatoms. The highest BCUT2D eigenvalue weighted by atomic mass is 14.6. The molecule has 78 valence electrons. The van der Waals surface area contributed by atoms with E-state index in [4.69, 9.17) is 5.73 Å². The topological polar surface area (TPSA) is 26.0 Å². The first kappa shape index (κ1) is 10.2. The van der Waals surface area contributed by atoms with Crippen LogP contribution in [0.1, 0.15) is 25.3 Å². The highest BCUT2D eigenvalue weighted by Crippen LogP contribution is 2.26. The molecule has 0 saturated heterocycles. The van der Waals surface area contributed by atoms with E-state index in [9.17, 15) is 0 Å². The average molecular weight is 199 g/mol. The van der Waals surface area contributed by atoms with E-state index in [2.05, 4.69) is 56.3 Å². The van der Waals surface area contributed by atoms with Crippen LogP contribution >= 0.6 is 0 Å². The number of benzene rings is 2. The molecule has 2 N–H and O–H groups in total. The van der Waals surface area contributed by atoms with Crippen molar-refractivity contribution in [2.75, 3.05) is 0 Å². The molecule has 0 aliphatic heterocycles. The van der Waals surface area contributed by atoms with E-state index in [1.165, 1.54) is 16.3 Å². The summed E-state index contributed by atoms with van der Waals surface area (Å²) in [6, 6.07) is 15.1. The molecule has 0 aliphatic rings. The zero-order valence-corrected chi connectivity index (χ0v) is 9.27. The van der Waals surface area contributed by atoms with Crippen LogP contribution in [0.2, 0.25) is 0 Å². The lowest BCUT2D eigenvalue weighted by Gasteiger charge is -2.18. The lowest BCUT2D eigenvalue weighted by Crippen LogP contribution is -2.22. The second-order valence-electron chi connectivity index (χ2n) is 4.22. The predicted molar refractivity (Wildman–Crippen MR) is 66.0 cm³/mol. The Labute approximate surface area is 90.9 Å². The standard InChI is InChI=1S/C14H17N/c1-10(11(2)15)13-9-5-7-12-6-3-4-8-14(12)13/h3-11H,15H2,1-2H3/t10-,11?/m0/s1. The minimum atomic E-state index is 0.191. The summed E-state index contributed by atoms with van der Waals surface area (Å²) in [6.07, 6.45) is 0. The van der Waals surface area contributed by atoms with Crippen LogP contribution in [0.4, 0.5) is 0 Å². The van der Waals surface area contributed by atoms with Crippen molar-refractivity contribution < 1.29 is 0 Å². The van der Waals surface area contributed by atoms with Gasteiger partial charge in [-0.25, -0.2) is 0 Å². The van der Waals surface area contributed by atoms with Gasteiger partial charge in [0.2, 0.25) is 0 Å². The predicted octanol–water partition coefficient (Wildman–Crippen LogP) is 3.29. The molecular formula is C14H17N. The molecule has 0 fully saturated rings. The van der Waals surface area contributed by atoms with Gasteiger partial charge in [0.05, 0.1) is 0 Å². The van der Waals surface area contributed by atoms with Crippen molar-refractivity contribution in [1.29, 1.82) is 0 Å². The van der Waals surface area contributed by atoms with Crippen LogP contribution in [0, 0.1) is 0 Å². The minimum Gasteiger partial charge on any atom is -0.327 e. The third-order valence-corrected chi connectivity index (χ3v) is 3.10. The molecule has 0 spiro atoms. The molecule has 2 atom stereocenters. The lowest BCUT2D eigenvalue weighted by molar-refractivity contribution is 0.617. The van der Waals surface area contributed by atoms with E-state index in [1.807, 2.05) is 0 Å². The number of fused-ring (bicyclic) bond motifs is 1. The second kappa shape index (κ2) is 4.03. The van der Waals surface area contributed by atoms with Gasteiger partial charge in [-0.05, 0) is 29.2 Å². The Hall–Kier alpha value is -1.34. The van der Waals surface area contributed by atoms with Crippen LogP contribution in [0.15, 0.2) is 42.5 Å². The van der Waals surface area contributed by atoms with Gasteiger partial charge in [-0.2, -0.15) is 0 Å². The van der Waals surface area contributed by atoms with E-state index in [0.29, 0.717) is 5.92 Å². The van der Waals surface area contributed by atoms with E-state index >= 15 is 0 Å². The Kier molecular flexibility index (Phi) is 2.74. The van der Waals surface area contributed by atoms with Gasteiger partial charge in [0.25, 0.3) is 0 Å². The molecule has 2 aromatic carbocycles. The Morgan fingerprint density at radius 3 is 2.33 bits per heavy atom. The van der Waals surface area contributed by atoms with Crippen molar-refractivity contribution in [2.45, 2.75) is 25.8 Å². The summed E-state index contributed by atoms with van der Waals surface area (Å²) in [4.78, 5) is 0. The van der Waals surface area contributed by atoms with Crippen molar-refractivity contribution in [3.63, 3.8) is 0 Å². The van der Waals surface area contributed by atoms with E-state index in [1.54, 1.807) is 0 Å². The molecule has 0 saturated carbocycles. The fraction of sp³-hybridized carbons (Fsp3) is 0.286. The highest BCUT2D eigenvalue weighted by Gasteiger charge is 2.12. The smallest absolute Gasteiger partial charge is 0.00768 e. The molecule has 0 amide bonds. The van der Waals surface area contributed by atoms with Gasteiger partial charge >= 0.3 is 0 Å². The van der Waals surface area contributed by atoms with Crippen molar-refractivity contribution in [2.24, 2.45) is 5.73 Å². The fourth-order valence-corrected chi connectivity index (χ4v) is 1.93. The van der Waals surface area contributed by atoms with E-state index in [-0.39, 0.29) is 6.04 Å². The molecule has 0 aliphatic carbocycles. The van der Waals surface area contributed by atoms with E-state index < -0.39 is 0 Å². The number of hydrogen-bond donors (Lipinski definition) is 1. The summed E-state index contributed by atoms with van der Waals surface area (Å²) in [7, 11) is 0. The number of nitrogens with two attached hydrogens (primary N) is 1. The maximum atomic E-state index is 5.96. The van der Waals surface area contributed by atoms with Gasteiger partial charge in [-0.3, -0.25) is 0 Å². The molecule has 2 rings (SSSR count). The Balaban J connectivity index is 2.60. The van der Waals surface area contributed by atoms with Gasteiger partial charge in [0, 0.05) is 6.04 Å². The zero-order chi connectivity index (χ0) is 10.8. The molecule has 0 heterocycles. The summed E-state index contributed by atoms with van der Waals surface area (Å²) in [5.74, 6) is 0.399. The third-order valence-electron chi connectivity index (χ3n) is 3.10. The summed E-state index contributed by atoms with van der Waals surface area (Å²) >= 11 is 0. The minimum absolute atomic E-state index is 0.191. The van der Waals surface area contributed by atoms with Crippen LogP contribution in [0.5, 0.6) is 0 Å². The molecule has 2 aromatic rings. The average Bonchev–Trinajstić information content (AvgIpc) is 2.27. The lowest BCUT2D eigenvalue weighted by atomic mass is 9.90. The maximum Gasteiger partial charge on any atom is 0.00768 e. The number of rotatable bonds is 2. The van der Waals surface area contributed by atoms with Crippen molar-refractivity contribution in [3.8, 4) is 0 Å². The molecule has 0 radical (unpaired) electrons. The normalized spacial score (nSPS) is 15.1. The molecule has 0 bridgehead atoms. The van der Waals surface area contributed by atoms with Crippen LogP contribution < -0.4 is 5.73 Å². The maximum absolute atomic E-state index is 5.96. The first-order valence-electron chi connectivity index (χ1n) is 5.43. The first-order valence-corrected chi connectivity index (χ1v) is 5.43. The summed E-state index contributed by atoms with van der Waals surface area (Å²) in [6.45, 7) is 4.25. The Morgan fingerprint density at radius 2 is 1.60 bits per heavy atom. The van der Waals surface area contributed by atoms with Gasteiger partial charge in [-0.1, -0.05) is 49.4 Å². The molecule has 1 unspecified atom stereocenters. The van der Waals surface area contributed by atoms with Crippen molar-refractivity contribution in [1.82, 2.24) is 0 Å². The molecule has 1 nitrogen and oxygen atoms in total. The number of hydrogen-bond acceptors (Lipinski definition) is 1. The summed E-state index contributed by atoms with van der Waals surface area (Å²) < 4.78 is 0. The SMILES string of the molecule is CC(N)[C@H](C)c1cccc2ccccc12. The molecule has 0 aromatic heterocycles. The highest BCUT2D eigenvalue weighted by molar-refractivity contribution is 5.86. The quantitative estimate of drug-likeness (QED) is 0.789. The zero-order valence-electron chi connectivity index (χ0n) is 9.27. The van der Waals surface area contributed by atoms with Gasteiger partial charge in [-0.15, -0.1) is 0 Å². The second-order valence-corrected chi connectivity index (χ2v) is 4.22. The van der Waals surface area contributed by atoms with Gasteiger partial charge in [0.1, 0.15) is 0 Å². The summed E-state index contributed by atoms with van der Waals surface area (Å²) in [5, 5.41) is 2.62.